The van der Waals surface area contributed by atoms with Crippen molar-refractivity contribution >= 4 is 29.3 Å². The van der Waals surface area contributed by atoms with Crippen LogP contribution in [0.1, 0.15) is 18.5 Å². The third kappa shape index (κ3) is 4.52. The van der Waals surface area contributed by atoms with E-state index in [-0.39, 0.29) is 17.2 Å². The van der Waals surface area contributed by atoms with Crippen LogP contribution >= 0.6 is 23.4 Å². The van der Waals surface area contributed by atoms with Gasteiger partial charge in [0.1, 0.15) is 0 Å². The van der Waals surface area contributed by atoms with Crippen LogP contribution in [0.3, 0.4) is 0 Å². The first-order chi connectivity index (χ1) is 8.58. The van der Waals surface area contributed by atoms with E-state index in [1.807, 2.05) is 37.4 Å². The van der Waals surface area contributed by atoms with Gasteiger partial charge in [0.2, 0.25) is 5.91 Å². The topological polar surface area (TPSA) is 38.3 Å². The average molecular weight is 288 g/mol. The van der Waals surface area contributed by atoms with Gasteiger partial charge in [0.25, 0.3) is 0 Å². The van der Waals surface area contributed by atoms with Gasteiger partial charge < -0.3 is 10.1 Å². The van der Waals surface area contributed by atoms with Crippen molar-refractivity contribution in [1.29, 1.82) is 0 Å². The quantitative estimate of drug-likeness (QED) is 0.874. The Morgan fingerprint density at radius 2 is 2.06 bits per heavy atom. The Morgan fingerprint density at radius 3 is 2.56 bits per heavy atom. The predicted molar refractivity (Wildman–Crippen MR) is 77.2 cm³/mol. The summed E-state index contributed by atoms with van der Waals surface area (Å²) in [4.78, 5) is 11.9. The maximum Gasteiger partial charge on any atom is 0.233 e. The van der Waals surface area contributed by atoms with Crippen LogP contribution in [0.5, 0.6) is 0 Å². The fourth-order valence-corrected chi connectivity index (χ4v) is 1.89. The molecule has 0 aliphatic carbocycles. The van der Waals surface area contributed by atoms with Gasteiger partial charge in [-0.2, -0.15) is 11.8 Å². The molecule has 0 aliphatic heterocycles. The molecule has 1 aromatic carbocycles. The minimum absolute atomic E-state index is 0.0134. The molecule has 0 bridgehead atoms. The molecule has 0 aromatic heterocycles. The van der Waals surface area contributed by atoms with E-state index in [1.165, 1.54) is 11.8 Å². The maximum atomic E-state index is 11.9. The highest BCUT2D eigenvalue weighted by Gasteiger charge is 2.18. The lowest BCUT2D eigenvalue weighted by atomic mass is 10.1. The second-order valence-corrected chi connectivity index (χ2v) is 5.56. The van der Waals surface area contributed by atoms with Gasteiger partial charge in [-0.25, -0.2) is 0 Å². The normalized spacial score (nSPS) is 14.0. The third-order valence-electron chi connectivity index (χ3n) is 2.64. The fourth-order valence-electron chi connectivity index (χ4n) is 1.48. The zero-order valence-corrected chi connectivity index (χ0v) is 12.3. The van der Waals surface area contributed by atoms with Crippen molar-refractivity contribution in [3.05, 3.63) is 34.9 Å². The lowest BCUT2D eigenvalue weighted by Gasteiger charge is -2.20. The van der Waals surface area contributed by atoms with Crippen LogP contribution in [-0.2, 0) is 9.53 Å². The Labute approximate surface area is 117 Å². The number of carbonyl (C=O) groups is 1. The highest BCUT2D eigenvalue weighted by Crippen LogP contribution is 2.18. The number of rotatable bonds is 6. The minimum Gasteiger partial charge on any atom is -0.382 e. The van der Waals surface area contributed by atoms with Crippen molar-refractivity contribution in [3.8, 4) is 0 Å². The molecule has 1 rings (SSSR count). The van der Waals surface area contributed by atoms with E-state index >= 15 is 0 Å². The summed E-state index contributed by atoms with van der Waals surface area (Å²) in [5.74, 6) is 0.0134. The first-order valence-electron chi connectivity index (χ1n) is 5.66. The van der Waals surface area contributed by atoms with Gasteiger partial charge >= 0.3 is 0 Å². The van der Waals surface area contributed by atoms with Crippen LogP contribution in [-0.4, -0.2) is 31.1 Å². The van der Waals surface area contributed by atoms with Gasteiger partial charge in [0, 0.05) is 12.1 Å². The summed E-state index contributed by atoms with van der Waals surface area (Å²) in [6, 6.07) is 7.27. The van der Waals surface area contributed by atoms with Crippen LogP contribution in [0, 0.1) is 0 Å². The second kappa shape index (κ2) is 7.67. The second-order valence-electron chi connectivity index (χ2n) is 3.95. The molecule has 0 aliphatic rings. The van der Waals surface area contributed by atoms with E-state index in [0.717, 1.165) is 5.56 Å². The molecule has 0 saturated heterocycles. The number of halogens is 1. The number of amides is 1. The van der Waals surface area contributed by atoms with E-state index in [9.17, 15) is 4.79 Å². The van der Waals surface area contributed by atoms with Crippen LogP contribution in [0.2, 0.25) is 5.02 Å². The molecule has 0 heterocycles. The molecule has 2 atom stereocenters. The zero-order valence-electron chi connectivity index (χ0n) is 10.8. The Balaban J connectivity index is 2.76. The molecule has 1 aromatic rings. The van der Waals surface area contributed by atoms with Crippen molar-refractivity contribution in [2.24, 2.45) is 0 Å². The first-order valence-corrected chi connectivity index (χ1v) is 7.32. The van der Waals surface area contributed by atoms with Crippen LogP contribution < -0.4 is 5.32 Å². The lowest BCUT2D eigenvalue weighted by molar-refractivity contribution is -0.121. The van der Waals surface area contributed by atoms with Crippen molar-refractivity contribution in [2.75, 3.05) is 20.0 Å². The summed E-state index contributed by atoms with van der Waals surface area (Å²) in [7, 11) is 1.62. The number of ether oxygens (including phenoxy) is 1. The Morgan fingerprint density at radius 1 is 1.44 bits per heavy atom. The largest absolute Gasteiger partial charge is 0.382 e. The summed E-state index contributed by atoms with van der Waals surface area (Å²) in [5.41, 5.74) is 0.989. The fraction of sp³-hybridized carbons (Fsp3) is 0.462. The predicted octanol–water partition coefficient (Wildman–Crippen LogP) is 2.90. The lowest BCUT2D eigenvalue weighted by Crippen LogP contribution is -2.36. The number of hydrogen-bond acceptors (Lipinski definition) is 3. The van der Waals surface area contributed by atoms with Crippen LogP contribution in [0.15, 0.2) is 24.3 Å². The molecule has 1 N–H and O–H groups in total. The molecular weight excluding hydrogens is 270 g/mol. The Hall–Kier alpha value is -0.710. The van der Waals surface area contributed by atoms with E-state index in [0.29, 0.717) is 11.6 Å². The highest BCUT2D eigenvalue weighted by molar-refractivity contribution is 7.99. The SMILES string of the molecule is COCC(NC(=O)C(C)SC)c1ccc(Cl)cc1. The summed E-state index contributed by atoms with van der Waals surface area (Å²) < 4.78 is 5.15. The molecule has 5 heteroatoms. The molecule has 0 radical (unpaired) electrons. The summed E-state index contributed by atoms with van der Waals surface area (Å²) in [5, 5.41) is 3.58. The highest BCUT2D eigenvalue weighted by atomic mass is 35.5. The van der Waals surface area contributed by atoms with E-state index in [4.69, 9.17) is 16.3 Å². The van der Waals surface area contributed by atoms with Crippen molar-refractivity contribution < 1.29 is 9.53 Å². The monoisotopic (exact) mass is 287 g/mol. The molecule has 100 valence electrons. The molecule has 0 fully saturated rings. The summed E-state index contributed by atoms with van der Waals surface area (Å²) in [6.45, 7) is 2.32. The minimum atomic E-state index is -0.144. The number of carbonyl (C=O) groups excluding carboxylic acids is 1. The van der Waals surface area contributed by atoms with Gasteiger partial charge in [-0.1, -0.05) is 23.7 Å². The van der Waals surface area contributed by atoms with Gasteiger partial charge in [0.15, 0.2) is 0 Å². The Bertz CT molecular complexity index is 383. The van der Waals surface area contributed by atoms with Crippen molar-refractivity contribution in [1.82, 2.24) is 5.32 Å². The molecule has 1 amide bonds. The summed E-state index contributed by atoms with van der Waals surface area (Å²) in [6.07, 6.45) is 1.91. The van der Waals surface area contributed by atoms with E-state index in [1.54, 1.807) is 7.11 Å². The third-order valence-corrected chi connectivity index (χ3v) is 3.82. The molecule has 3 nitrogen and oxygen atoms in total. The van der Waals surface area contributed by atoms with E-state index < -0.39 is 0 Å². The number of benzene rings is 1. The standard InChI is InChI=1S/C13H18ClNO2S/c1-9(18-3)13(16)15-12(8-17-2)10-4-6-11(14)7-5-10/h4-7,9,12H,8H2,1-3H3,(H,15,16). The zero-order chi connectivity index (χ0) is 13.5. The van der Waals surface area contributed by atoms with Gasteiger partial charge in [-0.3, -0.25) is 4.79 Å². The van der Waals surface area contributed by atoms with Crippen molar-refractivity contribution in [2.45, 2.75) is 18.2 Å². The van der Waals surface area contributed by atoms with Gasteiger partial charge in [-0.05, 0) is 30.9 Å². The molecule has 0 spiro atoms. The molecule has 0 saturated carbocycles. The molecule has 18 heavy (non-hydrogen) atoms. The molecule has 2 unspecified atom stereocenters. The number of nitrogens with one attached hydrogen (secondary N) is 1. The van der Waals surface area contributed by atoms with Crippen LogP contribution in [0.25, 0.3) is 0 Å². The average Bonchev–Trinajstić information content (AvgIpc) is 2.38. The van der Waals surface area contributed by atoms with E-state index in [2.05, 4.69) is 5.32 Å². The Kier molecular flexibility index (Phi) is 6.54. The number of methoxy groups -OCH3 is 1. The molecular formula is C13H18ClNO2S. The first kappa shape index (κ1) is 15.3. The van der Waals surface area contributed by atoms with Gasteiger partial charge in [-0.15, -0.1) is 0 Å². The van der Waals surface area contributed by atoms with Gasteiger partial charge in [0.05, 0.1) is 17.9 Å². The van der Waals surface area contributed by atoms with Crippen molar-refractivity contribution in [3.63, 3.8) is 0 Å². The van der Waals surface area contributed by atoms with Crippen LogP contribution in [0.4, 0.5) is 0 Å². The number of hydrogen-bond donors (Lipinski definition) is 1. The smallest absolute Gasteiger partial charge is 0.233 e. The maximum absolute atomic E-state index is 11.9. The summed E-state index contributed by atoms with van der Waals surface area (Å²) >= 11 is 7.37. The number of thioether (sulfide) groups is 1.